The smallest absolute Gasteiger partial charge is 0.413 e. The minimum atomic E-state index is -0.743. The second-order valence-corrected chi connectivity index (χ2v) is 16.8. The molecular formula is C37H45F2N7O5S. The quantitative estimate of drug-likeness (QED) is 0.212. The molecule has 12 nitrogen and oxygen atoms in total. The van der Waals surface area contributed by atoms with Crippen molar-refractivity contribution in [1.82, 2.24) is 24.8 Å². The van der Waals surface area contributed by atoms with E-state index in [1.165, 1.54) is 12.1 Å². The molecule has 3 atom stereocenters. The summed E-state index contributed by atoms with van der Waals surface area (Å²) in [5, 5.41) is 3.18. The number of carbonyl (C=O) groups excluding carboxylic acids is 2. The van der Waals surface area contributed by atoms with Crippen LogP contribution in [0.1, 0.15) is 67.2 Å². The fraction of sp³-hybridized carbons (Fsp3) is 0.541. The largest absolute Gasteiger partial charge is 0.462 e. The zero-order valence-corrected chi connectivity index (χ0v) is 31.4. The lowest BCUT2D eigenvalue weighted by molar-refractivity contribution is 0.0122. The topological polar surface area (TPSA) is 122 Å². The molecule has 4 aromatic rings. The third kappa shape index (κ3) is 7.29. The first-order chi connectivity index (χ1) is 24.5. The van der Waals surface area contributed by atoms with Crippen LogP contribution in [-0.2, 0) is 9.47 Å². The number of fused-ring (bicyclic) bond motifs is 4. The van der Waals surface area contributed by atoms with Gasteiger partial charge in [0.25, 0.3) is 0 Å². The number of nitrogens with one attached hydrogen (secondary N) is 1. The van der Waals surface area contributed by atoms with Crippen LogP contribution in [0.15, 0.2) is 24.3 Å². The summed E-state index contributed by atoms with van der Waals surface area (Å²) >= 11 is 0.937. The van der Waals surface area contributed by atoms with Gasteiger partial charge in [-0.25, -0.2) is 23.4 Å². The van der Waals surface area contributed by atoms with Gasteiger partial charge in [0.15, 0.2) is 10.9 Å². The van der Waals surface area contributed by atoms with Gasteiger partial charge in [-0.15, -0.1) is 0 Å². The van der Waals surface area contributed by atoms with E-state index in [1.54, 1.807) is 32.9 Å². The van der Waals surface area contributed by atoms with E-state index in [-0.39, 0.29) is 56.7 Å². The van der Waals surface area contributed by atoms with Gasteiger partial charge in [-0.3, -0.25) is 10.2 Å². The van der Waals surface area contributed by atoms with Crippen molar-refractivity contribution in [3.8, 4) is 17.1 Å². The predicted octanol–water partition coefficient (Wildman–Crippen LogP) is 7.59. The van der Waals surface area contributed by atoms with E-state index in [1.807, 2.05) is 25.7 Å². The van der Waals surface area contributed by atoms with Crippen molar-refractivity contribution in [3.05, 3.63) is 35.9 Å². The maximum Gasteiger partial charge on any atom is 0.413 e. The summed E-state index contributed by atoms with van der Waals surface area (Å²) in [6.07, 6.45) is 2.62. The van der Waals surface area contributed by atoms with Gasteiger partial charge in [0.2, 0.25) is 0 Å². The Morgan fingerprint density at radius 2 is 1.60 bits per heavy atom. The van der Waals surface area contributed by atoms with Gasteiger partial charge < -0.3 is 24.0 Å². The molecule has 0 spiro atoms. The van der Waals surface area contributed by atoms with Crippen molar-refractivity contribution in [2.24, 2.45) is 0 Å². The molecule has 2 bridgehead atoms. The lowest BCUT2D eigenvalue weighted by Gasteiger charge is -2.42. The fourth-order valence-electron chi connectivity index (χ4n) is 7.33. The number of hydrogen-bond donors (Lipinski definition) is 1. The van der Waals surface area contributed by atoms with E-state index in [4.69, 9.17) is 19.2 Å². The molecule has 0 radical (unpaired) electrons. The standard InChI is InChI=1S/C37H45F2N7O5S/c1-36(2,3)50-34(47)43-33-41-29-24(14-15-26(38)30(29)52-33)23-12-13-25-28(27(23)39)40-32(49-19-22-9-8-16-44(22)7)42-31(25)45-17-20-10-11-21(18-45)46(20)35(48)51-37(4,5)6/h12-15,20-22H,8-11,16-19H2,1-7H3,(H,41,43,47)/t20-,21+,22-/m0/s1. The Morgan fingerprint density at radius 1 is 0.904 bits per heavy atom. The van der Waals surface area contributed by atoms with Gasteiger partial charge in [0.1, 0.15) is 35.0 Å². The van der Waals surface area contributed by atoms with Crippen LogP contribution in [0.5, 0.6) is 6.01 Å². The molecule has 15 heteroatoms. The summed E-state index contributed by atoms with van der Waals surface area (Å²) in [6, 6.07) is 6.17. The van der Waals surface area contributed by atoms with E-state index in [0.29, 0.717) is 36.5 Å². The first-order valence-electron chi connectivity index (χ1n) is 17.7. The number of likely N-dealkylation sites (N-methyl/N-ethyl adjacent to an activating group) is 1. The number of thiazole rings is 1. The Bertz CT molecular complexity index is 2020. The molecule has 0 aliphatic carbocycles. The Labute approximate surface area is 305 Å². The number of nitrogens with zero attached hydrogens (tertiary/aromatic N) is 6. The highest BCUT2D eigenvalue weighted by atomic mass is 32.1. The minimum absolute atomic E-state index is 0.0546. The van der Waals surface area contributed by atoms with Gasteiger partial charge in [-0.2, -0.15) is 9.97 Å². The van der Waals surface area contributed by atoms with E-state index in [2.05, 4.69) is 32.1 Å². The molecule has 0 saturated carbocycles. The molecule has 7 rings (SSSR count). The third-order valence-corrected chi connectivity index (χ3v) is 10.6. The lowest BCUT2D eigenvalue weighted by atomic mass is 10.0. The monoisotopic (exact) mass is 737 g/mol. The maximum absolute atomic E-state index is 17.0. The molecule has 2 aromatic carbocycles. The van der Waals surface area contributed by atoms with Gasteiger partial charge in [-0.1, -0.05) is 17.4 Å². The molecular weight excluding hydrogens is 693 g/mol. The van der Waals surface area contributed by atoms with E-state index in [0.717, 1.165) is 43.6 Å². The van der Waals surface area contributed by atoms with Crippen LogP contribution < -0.4 is 15.0 Å². The number of hydrogen-bond acceptors (Lipinski definition) is 11. The molecule has 3 saturated heterocycles. The average Bonchev–Trinajstić information content (AvgIpc) is 3.74. The van der Waals surface area contributed by atoms with Crippen LogP contribution in [0, 0.1) is 11.6 Å². The Balaban J connectivity index is 1.26. The first kappa shape index (κ1) is 36.0. The molecule has 2 aromatic heterocycles. The van der Waals surface area contributed by atoms with Crippen LogP contribution in [-0.4, -0.2) is 99.6 Å². The summed E-state index contributed by atoms with van der Waals surface area (Å²) in [5.74, 6) is -0.665. The normalized spacial score (nSPS) is 20.9. The summed E-state index contributed by atoms with van der Waals surface area (Å²) < 4.78 is 49.5. The highest BCUT2D eigenvalue weighted by Gasteiger charge is 2.45. The average molecular weight is 738 g/mol. The van der Waals surface area contributed by atoms with Gasteiger partial charge in [0, 0.05) is 35.6 Å². The Hall–Kier alpha value is -4.37. The van der Waals surface area contributed by atoms with Crippen molar-refractivity contribution in [2.45, 2.75) is 96.6 Å². The molecule has 3 aliphatic rings. The predicted molar refractivity (Wildman–Crippen MR) is 196 cm³/mol. The minimum Gasteiger partial charge on any atom is -0.462 e. The van der Waals surface area contributed by atoms with Crippen molar-refractivity contribution >= 4 is 55.6 Å². The van der Waals surface area contributed by atoms with Crippen LogP contribution in [0.4, 0.5) is 29.3 Å². The molecule has 0 unspecified atom stereocenters. The number of halogens is 2. The molecule has 1 N–H and O–H groups in total. The number of piperazine rings is 1. The van der Waals surface area contributed by atoms with Crippen LogP contribution in [0.2, 0.25) is 0 Å². The van der Waals surface area contributed by atoms with Crippen LogP contribution in [0.25, 0.3) is 32.2 Å². The lowest BCUT2D eigenvalue weighted by Crippen LogP contribution is -2.57. The zero-order chi connectivity index (χ0) is 37.1. The molecule has 2 amide bonds. The van der Waals surface area contributed by atoms with E-state index in [9.17, 15) is 9.59 Å². The summed E-state index contributed by atoms with van der Waals surface area (Å²) in [6.45, 7) is 13.1. The molecule has 3 fully saturated rings. The van der Waals surface area contributed by atoms with Gasteiger partial charge >= 0.3 is 18.2 Å². The number of benzene rings is 2. The summed E-state index contributed by atoms with van der Waals surface area (Å²) in [5.41, 5.74) is -0.613. The third-order valence-electron chi connectivity index (χ3n) is 9.62. The van der Waals surface area contributed by atoms with Crippen molar-refractivity contribution < 1.29 is 32.6 Å². The second-order valence-electron chi connectivity index (χ2n) is 15.8. The number of carbonyl (C=O) groups is 2. The molecule has 3 aliphatic heterocycles. The number of rotatable bonds is 6. The molecule has 278 valence electrons. The number of aromatic nitrogens is 3. The van der Waals surface area contributed by atoms with Gasteiger partial charge in [0.05, 0.1) is 22.3 Å². The van der Waals surface area contributed by atoms with Crippen LogP contribution >= 0.6 is 11.3 Å². The van der Waals surface area contributed by atoms with E-state index >= 15 is 8.78 Å². The highest BCUT2D eigenvalue weighted by molar-refractivity contribution is 7.22. The molecule has 52 heavy (non-hydrogen) atoms. The summed E-state index contributed by atoms with van der Waals surface area (Å²) in [7, 11) is 2.05. The number of likely N-dealkylation sites (tertiary alicyclic amines) is 1. The first-order valence-corrected chi connectivity index (χ1v) is 18.6. The Morgan fingerprint density at radius 3 is 2.25 bits per heavy atom. The highest BCUT2D eigenvalue weighted by Crippen LogP contribution is 2.41. The SMILES string of the molecule is CN1CCC[C@H]1COc1nc(N2C[C@H]3CC[C@@H](C2)N3C(=O)OC(C)(C)C)c2ccc(-c3ccc(F)c4sc(NC(=O)OC(C)(C)C)nc34)c(F)c2n1. The van der Waals surface area contributed by atoms with Crippen molar-refractivity contribution in [3.63, 3.8) is 0 Å². The molecule has 5 heterocycles. The van der Waals surface area contributed by atoms with E-state index < -0.39 is 28.9 Å². The number of ether oxygens (including phenoxy) is 3. The van der Waals surface area contributed by atoms with Crippen LogP contribution in [0.3, 0.4) is 0 Å². The zero-order valence-electron chi connectivity index (χ0n) is 30.6. The fourth-order valence-corrected chi connectivity index (χ4v) is 8.21. The second kappa shape index (κ2) is 13.6. The number of amides is 2. The maximum atomic E-state index is 17.0. The number of anilines is 2. The Kier molecular flexibility index (Phi) is 9.39. The summed E-state index contributed by atoms with van der Waals surface area (Å²) in [4.78, 5) is 45.8. The van der Waals surface area contributed by atoms with Gasteiger partial charge in [-0.05, 0) is 99.0 Å². The van der Waals surface area contributed by atoms with Crippen molar-refractivity contribution in [2.75, 3.05) is 43.5 Å². The van der Waals surface area contributed by atoms with Crippen molar-refractivity contribution in [1.29, 1.82) is 0 Å².